The number of amides is 2. The summed E-state index contributed by atoms with van der Waals surface area (Å²) in [7, 11) is 0. The molecule has 3 heterocycles. The fourth-order valence-corrected chi connectivity index (χ4v) is 5.66. The summed E-state index contributed by atoms with van der Waals surface area (Å²) in [5, 5.41) is 16.2. The molecule has 2 fully saturated rings. The van der Waals surface area contributed by atoms with Crippen molar-refractivity contribution in [3.63, 3.8) is 0 Å². The first-order valence-corrected chi connectivity index (χ1v) is 14.6. The van der Waals surface area contributed by atoms with E-state index in [1.165, 1.54) is 0 Å². The second-order valence-corrected chi connectivity index (χ2v) is 12.1. The van der Waals surface area contributed by atoms with Gasteiger partial charge in [-0.2, -0.15) is 4.98 Å². The predicted molar refractivity (Wildman–Crippen MR) is 161 cm³/mol. The highest BCUT2D eigenvalue weighted by atomic mass is 35.5. The van der Waals surface area contributed by atoms with Crippen molar-refractivity contribution in [1.29, 1.82) is 0 Å². The predicted octanol–water partition coefficient (Wildman–Crippen LogP) is 4.75. The van der Waals surface area contributed by atoms with Crippen molar-refractivity contribution in [2.45, 2.75) is 71.0 Å². The zero-order valence-corrected chi connectivity index (χ0v) is 24.9. The van der Waals surface area contributed by atoms with Crippen molar-refractivity contribution >= 4 is 35.4 Å². The fourth-order valence-electron chi connectivity index (χ4n) is 5.39. The molecule has 2 saturated heterocycles. The van der Waals surface area contributed by atoms with Gasteiger partial charge in [0.1, 0.15) is 17.0 Å². The standard InChI is InChI=1S/C31H37ClN6O4/c1-31(2,3)42-30(41)38-23-11-12-24(38)18-37(17-23)29-35-16-25(28(40)34-14-20-7-5-4-6-8-20)27(36-29)33-15-21-9-10-22(19-39)26(32)13-21/h4-10,13,16,23-24,39H,11-12,14-15,17-19H2,1-3H3,(H,34,40)(H,33,35,36). The summed E-state index contributed by atoms with van der Waals surface area (Å²) in [6.07, 6.45) is 3.04. The number of carbonyl (C=O) groups is 2. The molecular formula is C31H37ClN6O4. The number of fused-ring (bicyclic) bond motifs is 2. The number of nitrogens with zero attached hydrogens (tertiary/aromatic N) is 4. The third kappa shape index (κ3) is 6.94. The maximum atomic E-state index is 13.3. The Labute approximate surface area is 251 Å². The number of benzene rings is 2. The van der Waals surface area contributed by atoms with E-state index in [0.29, 0.717) is 54.1 Å². The number of aliphatic hydroxyl groups is 1. The molecule has 222 valence electrons. The maximum Gasteiger partial charge on any atom is 0.410 e. The third-order valence-electron chi connectivity index (χ3n) is 7.43. The van der Waals surface area contributed by atoms with Crippen molar-refractivity contribution in [2.75, 3.05) is 23.3 Å². The second kappa shape index (κ2) is 12.5. The lowest BCUT2D eigenvalue weighted by Gasteiger charge is -2.41. The number of carbonyl (C=O) groups excluding carboxylic acids is 2. The Bertz CT molecular complexity index is 1420. The van der Waals surface area contributed by atoms with Gasteiger partial charge in [-0.05, 0) is 56.4 Å². The van der Waals surface area contributed by atoms with Gasteiger partial charge >= 0.3 is 6.09 Å². The first-order chi connectivity index (χ1) is 20.1. The number of hydrogen-bond acceptors (Lipinski definition) is 8. The van der Waals surface area contributed by atoms with Crippen LogP contribution in [0.25, 0.3) is 0 Å². The SMILES string of the molecule is CC(C)(C)OC(=O)N1C2CCC1CN(c1ncc(C(=O)NCc3ccccc3)c(NCc3ccc(CO)c(Cl)c3)n1)C2. The van der Waals surface area contributed by atoms with Crippen LogP contribution >= 0.6 is 11.6 Å². The second-order valence-electron chi connectivity index (χ2n) is 11.7. The minimum absolute atomic E-state index is 0.000335. The molecule has 2 bridgehead atoms. The van der Waals surface area contributed by atoms with Crippen LogP contribution in [0.3, 0.4) is 0 Å². The van der Waals surface area contributed by atoms with Gasteiger partial charge in [-0.15, -0.1) is 0 Å². The van der Waals surface area contributed by atoms with Gasteiger partial charge in [0.05, 0.1) is 18.7 Å². The lowest BCUT2D eigenvalue weighted by Crippen LogP contribution is -2.57. The lowest BCUT2D eigenvalue weighted by molar-refractivity contribution is 0.0122. The van der Waals surface area contributed by atoms with E-state index in [4.69, 9.17) is 21.3 Å². The van der Waals surface area contributed by atoms with Gasteiger partial charge in [-0.1, -0.05) is 54.1 Å². The number of aliphatic hydroxyl groups excluding tert-OH is 1. The quantitative estimate of drug-likeness (QED) is 0.343. The van der Waals surface area contributed by atoms with E-state index in [0.717, 1.165) is 24.0 Å². The van der Waals surface area contributed by atoms with Crippen molar-refractivity contribution in [3.05, 3.63) is 82.0 Å². The van der Waals surface area contributed by atoms with E-state index in [9.17, 15) is 14.7 Å². The Balaban J connectivity index is 1.35. The van der Waals surface area contributed by atoms with Crippen LogP contribution < -0.4 is 15.5 Å². The van der Waals surface area contributed by atoms with E-state index in [1.54, 1.807) is 18.3 Å². The molecule has 3 aromatic rings. The zero-order chi connectivity index (χ0) is 29.9. The molecule has 11 heteroatoms. The van der Waals surface area contributed by atoms with Gasteiger partial charge in [0, 0.05) is 37.4 Å². The minimum Gasteiger partial charge on any atom is -0.444 e. The first-order valence-electron chi connectivity index (χ1n) is 14.2. The van der Waals surface area contributed by atoms with Crippen LogP contribution in [0.1, 0.15) is 60.7 Å². The molecule has 5 rings (SSSR count). The highest BCUT2D eigenvalue weighted by Crippen LogP contribution is 2.33. The number of ether oxygens (including phenoxy) is 1. The van der Waals surface area contributed by atoms with E-state index >= 15 is 0 Å². The molecule has 42 heavy (non-hydrogen) atoms. The number of aromatic nitrogens is 2. The van der Waals surface area contributed by atoms with Crippen LogP contribution in [0.5, 0.6) is 0 Å². The average molecular weight is 593 g/mol. The van der Waals surface area contributed by atoms with Gasteiger partial charge in [-0.25, -0.2) is 9.78 Å². The minimum atomic E-state index is -0.559. The summed E-state index contributed by atoms with van der Waals surface area (Å²) in [6.45, 7) is 7.36. The topological polar surface area (TPSA) is 120 Å². The Morgan fingerprint density at radius 3 is 2.40 bits per heavy atom. The average Bonchev–Trinajstić information content (AvgIpc) is 3.24. The third-order valence-corrected chi connectivity index (χ3v) is 7.79. The molecular weight excluding hydrogens is 556 g/mol. The fraction of sp³-hybridized carbons (Fsp3) is 0.419. The normalized spacial score (nSPS) is 18.1. The highest BCUT2D eigenvalue weighted by molar-refractivity contribution is 6.31. The molecule has 2 unspecified atom stereocenters. The monoisotopic (exact) mass is 592 g/mol. The van der Waals surface area contributed by atoms with Crippen molar-refractivity contribution < 1.29 is 19.4 Å². The molecule has 3 N–H and O–H groups in total. The number of rotatable bonds is 8. The first kappa shape index (κ1) is 29.6. The molecule has 2 aromatic carbocycles. The Morgan fingerprint density at radius 2 is 1.76 bits per heavy atom. The van der Waals surface area contributed by atoms with Crippen molar-refractivity contribution in [3.8, 4) is 0 Å². The highest BCUT2D eigenvalue weighted by Gasteiger charge is 2.45. The van der Waals surface area contributed by atoms with Gasteiger partial charge < -0.3 is 25.4 Å². The Morgan fingerprint density at radius 1 is 1.05 bits per heavy atom. The van der Waals surface area contributed by atoms with E-state index in [-0.39, 0.29) is 30.7 Å². The van der Waals surface area contributed by atoms with Crippen LogP contribution in [-0.4, -0.2) is 62.7 Å². The molecule has 2 amide bonds. The van der Waals surface area contributed by atoms with Crippen LogP contribution in [0.15, 0.2) is 54.7 Å². The number of nitrogens with one attached hydrogen (secondary N) is 2. The van der Waals surface area contributed by atoms with Gasteiger partial charge in [0.15, 0.2) is 0 Å². The van der Waals surface area contributed by atoms with Crippen LogP contribution in [0, 0.1) is 0 Å². The molecule has 0 spiro atoms. The smallest absolute Gasteiger partial charge is 0.410 e. The summed E-state index contributed by atoms with van der Waals surface area (Å²) in [5.41, 5.74) is 2.26. The van der Waals surface area contributed by atoms with Gasteiger partial charge in [-0.3, -0.25) is 9.69 Å². The summed E-state index contributed by atoms with van der Waals surface area (Å²) in [5.74, 6) is 0.595. The maximum absolute atomic E-state index is 13.3. The van der Waals surface area contributed by atoms with Crippen molar-refractivity contribution in [1.82, 2.24) is 20.2 Å². The molecule has 2 atom stereocenters. The molecule has 2 aliphatic heterocycles. The number of hydrogen-bond donors (Lipinski definition) is 3. The van der Waals surface area contributed by atoms with Crippen LogP contribution in [0.2, 0.25) is 5.02 Å². The molecule has 10 nitrogen and oxygen atoms in total. The van der Waals surface area contributed by atoms with Gasteiger partial charge in [0.2, 0.25) is 5.95 Å². The summed E-state index contributed by atoms with van der Waals surface area (Å²) in [6, 6.07) is 15.1. The number of piperazine rings is 1. The lowest BCUT2D eigenvalue weighted by atomic mass is 10.1. The Kier molecular flexibility index (Phi) is 8.84. The Hall–Kier alpha value is -3.89. The summed E-state index contributed by atoms with van der Waals surface area (Å²) < 4.78 is 5.67. The van der Waals surface area contributed by atoms with E-state index in [2.05, 4.69) is 20.5 Å². The molecule has 1 aromatic heterocycles. The van der Waals surface area contributed by atoms with Crippen molar-refractivity contribution in [2.24, 2.45) is 0 Å². The number of anilines is 2. The van der Waals surface area contributed by atoms with Crippen LogP contribution in [-0.2, 0) is 24.4 Å². The molecule has 2 aliphatic rings. The summed E-state index contributed by atoms with van der Waals surface area (Å²) in [4.78, 5) is 39.5. The van der Waals surface area contributed by atoms with Gasteiger partial charge in [0.25, 0.3) is 5.91 Å². The van der Waals surface area contributed by atoms with E-state index in [1.807, 2.05) is 62.1 Å². The van der Waals surface area contributed by atoms with Crippen LogP contribution in [0.4, 0.5) is 16.6 Å². The molecule has 0 radical (unpaired) electrons. The zero-order valence-electron chi connectivity index (χ0n) is 24.1. The summed E-state index contributed by atoms with van der Waals surface area (Å²) >= 11 is 6.30. The molecule has 0 saturated carbocycles. The molecule has 0 aliphatic carbocycles. The van der Waals surface area contributed by atoms with E-state index < -0.39 is 5.60 Å². The largest absolute Gasteiger partial charge is 0.444 e. The number of halogens is 1.